The molecule has 0 aromatic rings. The van der Waals surface area contributed by atoms with E-state index in [1.165, 1.54) is 32.1 Å². The summed E-state index contributed by atoms with van der Waals surface area (Å²) < 4.78 is 28.6. The van der Waals surface area contributed by atoms with Gasteiger partial charge in [-0.1, -0.05) is 39.7 Å². The third-order valence-corrected chi connectivity index (χ3v) is 7.29. The average molecular weight is 341 g/mol. The van der Waals surface area contributed by atoms with Crippen molar-refractivity contribution in [2.24, 2.45) is 35.5 Å². The molecule has 6 atom stereocenters. The Morgan fingerprint density at radius 3 is 2.25 bits per heavy atom. The van der Waals surface area contributed by atoms with Crippen LogP contribution in [0.15, 0.2) is 12.7 Å². The highest BCUT2D eigenvalue weighted by Gasteiger charge is 2.41. The Balaban J connectivity index is 1.81. The van der Waals surface area contributed by atoms with Gasteiger partial charge in [-0.05, 0) is 80.5 Å². The van der Waals surface area contributed by atoms with E-state index in [0.29, 0.717) is 11.8 Å². The van der Waals surface area contributed by atoms with E-state index in [1.807, 2.05) is 6.92 Å². The molecule has 2 aliphatic carbocycles. The van der Waals surface area contributed by atoms with Gasteiger partial charge >= 0.3 is 0 Å². The van der Waals surface area contributed by atoms with Gasteiger partial charge in [0.1, 0.15) is 12.3 Å². The van der Waals surface area contributed by atoms with Crippen LogP contribution in [0.3, 0.4) is 0 Å². The second-order valence-electron chi connectivity index (χ2n) is 8.74. The van der Waals surface area contributed by atoms with Crippen molar-refractivity contribution in [3.63, 3.8) is 0 Å². The van der Waals surface area contributed by atoms with E-state index >= 15 is 0 Å². The van der Waals surface area contributed by atoms with Gasteiger partial charge in [0.15, 0.2) is 0 Å². The lowest BCUT2D eigenvalue weighted by molar-refractivity contribution is 0.000290. The quantitative estimate of drug-likeness (QED) is 0.432. The second kappa shape index (κ2) is 9.34. The van der Waals surface area contributed by atoms with Gasteiger partial charge in [-0.25, -0.2) is 8.78 Å². The average Bonchev–Trinajstić information content (AvgIpc) is 2.61. The molecule has 0 aromatic heterocycles. The van der Waals surface area contributed by atoms with Crippen LogP contribution in [0.4, 0.5) is 8.78 Å². The summed E-state index contributed by atoms with van der Waals surface area (Å²) in [4.78, 5) is 0. The molecule has 2 heteroatoms. The Bertz CT molecular complexity index is 372. The minimum absolute atomic E-state index is 0.0510. The van der Waals surface area contributed by atoms with Crippen LogP contribution in [0, 0.1) is 35.5 Å². The third kappa shape index (κ3) is 4.82. The summed E-state index contributed by atoms with van der Waals surface area (Å²) in [5, 5.41) is 0. The molecule has 2 aliphatic rings. The summed E-state index contributed by atoms with van der Waals surface area (Å²) in [6.07, 6.45) is 9.80. The van der Waals surface area contributed by atoms with Gasteiger partial charge in [0.25, 0.3) is 0 Å². The molecule has 2 fully saturated rings. The lowest BCUT2D eigenvalue weighted by atomic mass is 9.70. The van der Waals surface area contributed by atoms with Gasteiger partial charge in [-0.2, -0.15) is 0 Å². The van der Waals surface area contributed by atoms with Crippen molar-refractivity contribution in [2.75, 3.05) is 0 Å². The van der Waals surface area contributed by atoms with Crippen molar-refractivity contribution in [1.29, 1.82) is 0 Å². The first kappa shape index (κ1) is 19.9. The largest absolute Gasteiger partial charge is 0.244 e. The molecule has 0 aliphatic heterocycles. The number of halogens is 2. The maximum absolute atomic E-state index is 14.5. The van der Waals surface area contributed by atoms with E-state index in [-0.39, 0.29) is 11.8 Å². The van der Waals surface area contributed by atoms with Crippen LogP contribution >= 0.6 is 0 Å². The second-order valence-corrected chi connectivity index (χ2v) is 8.74. The molecular weight excluding hydrogens is 302 g/mol. The monoisotopic (exact) mass is 340 g/mol. The molecule has 0 N–H and O–H groups in total. The summed E-state index contributed by atoms with van der Waals surface area (Å²) in [6.45, 7) is 10.3. The molecule has 0 saturated heterocycles. The number of rotatable bonds is 7. The summed E-state index contributed by atoms with van der Waals surface area (Å²) in [5.41, 5.74) is 0. The maximum Gasteiger partial charge on any atom is 0.134 e. The van der Waals surface area contributed by atoms with E-state index in [1.54, 1.807) is 0 Å². The normalized spacial score (nSPS) is 40.0. The summed E-state index contributed by atoms with van der Waals surface area (Å²) in [6, 6.07) is 0. The fourth-order valence-corrected chi connectivity index (χ4v) is 5.20. The van der Waals surface area contributed by atoms with Crippen LogP contribution in [0.5, 0.6) is 0 Å². The molecule has 2 saturated carbocycles. The van der Waals surface area contributed by atoms with Crippen LogP contribution in [-0.2, 0) is 0 Å². The van der Waals surface area contributed by atoms with E-state index in [4.69, 9.17) is 0 Å². The highest BCUT2D eigenvalue weighted by molar-refractivity contribution is 4.90. The topological polar surface area (TPSA) is 0 Å². The summed E-state index contributed by atoms with van der Waals surface area (Å²) in [7, 11) is 0. The zero-order valence-electron chi connectivity index (χ0n) is 16.0. The van der Waals surface area contributed by atoms with Crippen molar-refractivity contribution in [1.82, 2.24) is 0 Å². The Kier molecular flexibility index (Phi) is 7.75. The Morgan fingerprint density at radius 1 is 1.00 bits per heavy atom. The predicted octanol–water partition coefficient (Wildman–Crippen LogP) is 7.14. The molecule has 0 bridgehead atoms. The van der Waals surface area contributed by atoms with E-state index in [2.05, 4.69) is 26.5 Å². The molecule has 0 nitrogen and oxygen atoms in total. The maximum atomic E-state index is 14.5. The van der Waals surface area contributed by atoms with Crippen molar-refractivity contribution in [2.45, 2.75) is 90.9 Å². The standard InChI is InChI=1S/C22H38F2/c1-5-17-9-12-19(13-10-17)15(3)7-11-18(6-2)20-14-8-16(4)21(23)22(20)24/h5,15-22H,1,6-14H2,2-4H3. The van der Waals surface area contributed by atoms with E-state index in [9.17, 15) is 8.78 Å². The summed E-state index contributed by atoms with van der Waals surface area (Å²) >= 11 is 0. The van der Waals surface area contributed by atoms with Gasteiger partial charge in [0.2, 0.25) is 0 Å². The van der Waals surface area contributed by atoms with E-state index < -0.39 is 12.3 Å². The first-order valence-corrected chi connectivity index (χ1v) is 10.4. The number of hydrogen-bond donors (Lipinski definition) is 0. The number of hydrogen-bond acceptors (Lipinski definition) is 0. The fourth-order valence-electron chi connectivity index (χ4n) is 5.20. The van der Waals surface area contributed by atoms with Gasteiger partial charge in [0, 0.05) is 0 Å². The highest BCUT2D eigenvalue weighted by Crippen LogP contribution is 2.42. The molecule has 0 aromatic carbocycles. The lowest BCUT2D eigenvalue weighted by Crippen LogP contribution is -2.40. The minimum Gasteiger partial charge on any atom is -0.244 e. The van der Waals surface area contributed by atoms with Crippen LogP contribution < -0.4 is 0 Å². The van der Waals surface area contributed by atoms with Gasteiger partial charge in [-0.3, -0.25) is 0 Å². The molecular formula is C22H38F2. The van der Waals surface area contributed by atoms with Gasteiger partial charge in [0.05, 0.1) is 0 Å². The zero-order valence-corrected chi connectivity index (χ0v) is 16.0. The highest BCUT2D eigenvalue weighted by atomic mass is 19.2. The first-order chi connectivity index (χ1) is 11.5. The van der Waals surface area contributed by atoms with E-state index in [0.717, 1.165) is 37.5 Å². The van der Waals surface area contributed by atoms with Crippen molar-refractivity contribution < 1.29 is 8.78 Å². The Labute approximate surface area is 148 Å². The number of allylic oxidation sites excluding steroid dienone is 1. The van der Waals surface area contributed by atoms with Crippen LogP contribution in [0.25, 0.3) is 0 Å². The molecule has 24 heavy (non-hydrogen) atoms. The third-order valence-electron chi connectivity index (χ3n) is 7.29. The number of alkyl halides is 2. The Hall–Kier alpha value is -0.400. The first-order valence-electron chi connectivity index (χ1n) is 10.4. The minimum atomic E-state index is -1.25. The SMILES string of the molecule is C=CC1CCC(C(C)CCC(CC)C2CCC(C)C(F)C2F)CC1. The summed E-state index contributed by atoms with van der Waals surface area (Å²) in [5.74, 6) is 2.46. The lowest BCUT2D eigenvalue weighted by Gasteiger charge is -2.38. The van der Waals surface area contributed by atoms with Crippen molar-refractivity contribution in [3.05, 3.63) is 12.7 Å². The molecule has 2 rings (SSSR count). The fraction of sp³-hybridized carbons (Fsp3) is 0.909. The van der Waals surface area contributed by atoms with Crippen LogP contribution in [0.1, 0.15) is 78.6 Å². The molecule has 0 heterocycles. The van der Waals surface area contributed by atoms with Gasteiger partial charge in [-0.15, -0.1) is 6.58 Å². The van der Waals surface area contributed by atoms with Crippen LogP contribution in [0.2, 0.25) is 0 Å². The van der Waals surface area contributed by atoms with Crippen molar-refractivity contribution in [3.8, 4) is 0 Å². The smallest absolute Gasteiger partial charge is 0.134 e. The van der Waals surface area contributed by atoms with Crippen LogP contribution in [-0.4, -0.2) is 12.3 Å². The van der Waals surface area contributed by atoms with Crippen molar-refractivity contribution >= 4 is 0 Å². The van der Waals surface area contributed by atoms with Gasteiger partial charge < -0.3 is 0 Å². The molecule has 0 amide bonds. The zero-order chi connectivity index (χ0) is 17.7. The Morgan fingerprint density at radius 2 is 1.67 bits per heavy atom. The molecule has 0 spiro atoms. The predicted molar refractivity (Wildman–Crippen MR) is 99.5 cm³/mol. The molecule has 140 valence electrons. The molecule has 0 radical (unpaired) electrons. The molecule has 6 unspecified atom stereocenters.